The monoisotopic (exact) mass is 155 g/mol. The molecule has 0 unspecified atom stereocenters. The van der Waals surface area contributed by atoms with Crippen LogP contribution in [0.25, 0.3) is 0 Å². The van der Waals surface area contributed by atoms with Crippen LogP contribution < -0.4 is 0 Å². The average molecular weight is 155 g/mol. The highest BCUT2D eigenvalue weighted by molar-refractivity contribution is 5.76. The van der Waals surface area contributed by atoms with Crippen molar-refractivity contribution in [2.24, 2.45) is 5.92 Å². The lowest BCUT2D eigenvalue weighted by Gasteiger charge is -2.04. The van der Waals surface area contributed by atoms with Gasteiger partial charge in [0.25, 0.3) is 0 Å². The van der Waals surface area contributed by atoms with Gasteiger partial charge in [0.15, 0.2) is 0 Å². The molecule has 0 saturated carbocycles. The summed E-state index contributed by atoms with van der Waals surface area (Å²) in [7, 11) is 1.49. The molecule has 0 N–H and O–H groups in total. The summed E-state index contributed by atoms with van der Waals surface area (Å²) in [6, 6.07) is 0. The Morgan fingerprint density at radius 1 is 1.82 bits per heavy atom. The molecule has 4 heteroatoms. The highest BCUT2D eigenvalue weighted by Crippen LogP contribution is 2.28. The molecule has 1 aliphatic heterocycles. The molecule has 0 aromatic carbocycles. The summed E-state index contributed by atoms with van der Waals surface area (Å²) in [6.07, 6.45) is 4.64. The summed E-state index contributed by atoms with van der Waals surface area (Å²) >= 11 is 0. The van der Waals surface area contributed by atoms with Gasteiger partial charge in [-0.25, -0.2) is 0 Å². The molecule has 1 heterocycles. The summed E-state index contributed by atoms with van der Waals surface area (Å²) in [4.78, 5) is 5.39. The number of ether oxygens (including phenoxy) is 1. The molecule has 2 atom stereocenters. The van der Waals surface area contributed by atoms with Crippen LogP contribution in [-0.2, 0) is 9.57 Å². The predicted molar refractivity (Wildman–Crippen MR) is 37.8 cm³/mol. The largest absolute Gasteiger partial charge is 0.447 e. The third kappa shape index (κ3) is 0.785. The highest BCUT2D eigenvalue weighted by Gasteiger charge is 2.41. The van der Waals surface area contributed by atoms with Gasteiger partial charge in [-0.1, -0.05) is 12.2 Å². The number of fused-ring (bicyclic) bond motifs is 1. The Balaban J connectivity index is 2.23. The molecule has 0 radical (unpaired) electrons. The number of methoxy groups -OCH3 is 1. The quantitative estimate of drug-likeness (QED) is 0.376. The normalized spacial score (nSPS) is 33.9. The smallest absolute Gasteiger partial charge is 0.405 e. The molecule has 2 aliphatic rings. The van der Waals surface area contributed by atoms with Gasteiger partial charge in [0.2, 0.25) is 0 Å². The van der Waals surface area contributed by atoms with E-state index in [1.165, 1.54) is 7.11 Å². The van der Waals surface area contributed by atoms with Crippen molar-refractivity contribution >= 4 is 5.90 Å². The number of hydrogen-bond acceptors (Lipinski definition) is 3. The summed E-state index contributed by atoms with van der Waals surface area (Å²) in [5.41, 5.74) is 0. The molecule has 4 nitrogen and oxygen atoms in total. The van der Waals surface area contributed by atoms with Crippen molar-refractivity contribution in [3.63, 3.8) is 0 Å². The lowest BCUT2D eigenvalue weighted by Crippen LogP contribution is -2.19. The van der Waals surface area contributed by atoms with Crippen LogP contribution in [0.1, 0.15) is 6.42 Å². The molecule has 0 bridgehead atoms. The van der Waals surface area contributed by atoms with E-state index in [9.17, 15) is 5.21 Å². The van der Waals surface area contributed by atoms with Crippen molar-refractivity contribution in [1.29, 1.82) is 0 Å². The predicted octanol–water partition coefficient (Wildman–Crippen LogP) is 0.431. The topological polar surface area (TPSA) is 44.5 Å². The third-order valence-corrected chi connectivity index (χ3v) is 2.04. The van der Waals surface area contributed by atoms with Crippen molar-refractivity contribution in [3.8, 4) is 0 Å². The van der Waals surface area contributed by atoms with Crippen LogP contribution in [0.4, 0.5) is 0 Å². The second-order valence-electron chi connectivity index (χ2n) is 2.64. The van der Waals surface area contributed by atoms with E-state index in [2.05, 4.69) is 0 Å². The molecule has 60 valence electrons. The van der Waals surface area contributed by atoms with E-state index in [-0.39, 0.29) is 12.0 Å². The first-order chi connectivity index (χ1) is 5.33. The maximum Gasteiger partial charge on any atom is 0.405 e. The van der Waals surface area contributed by atoms with Gasteiger partial charge < -0.3 is 9.57 Å². The molecule has 11 heavy (non-hydrogen) atoms. The van der Waals surface area contributed by atoms with Crippen molar-refractivity contribution in [1.82, 2.24) is 0 Å². The lowest BCUT2D eigenvalue weighted by atomic mass is 10.1. The van der Waals surface area contributed by atoms with Crippen LogP contribution >= 0.6 is 0 Å². The fourth-order valence-corrected chi connectivity index (χ4v) is 1.50. The highest BCUT2D eigenvalue weighted by atomic mass is 16.9. The summed E-state index contributed by atoms with van der Waals surface area (Å²) in [5.74, 6) is 0.498. The Hall–Kier alpha value is -1.19. The molecular weight excluding hydrogens is 146 g/mol. The molecule has 1 aliphatic carbocycles. The average Bonchev–Trinajstić information content (AvgIpc) is 2.46. The minimum Gasteiger partial charge on any atom is -0.447 e. The van der Waals surface area contributed by atoms with E-state index < -0.39 is 0 Å². The molecule has 0 aromatic heterocycles. The number of nitrogens with zero attached hydrogens (tertiary/aromatic N) is 1. The zero-order valence-electron chi connectivity index (χ0n) is 6.19. The van der Waals surface area contributed by atoms with E-state index in [1.54, 1.807) is 0 Å². The Morgan fingerprint density at radius 2 is 2.64 bits per heavy atom. The van der Waals surface area contributed by atoms with Crippen LogP contribution in [0, 0.1) is 11.1 Å². The van der Waals surface area contributed by atoms with Crippen LogP contribution in [0.5, 0.6) is 0 Å². The summed E-state index contributed by atoms with van der Waals surface area (Å²) in [6.45, 7) is 0. The maximum absolute atomic E-state index is 10.9. The number of hydrogen-bond donors (Lipinski definition) is 0. The molecule has 0 saturated heterocycles. The van der Waals surface area contributed by atoms with E-state index in [0.717, 1.165) is 6.42 Å². The van der Waals surface area contributed by atoms with E-state index in [4.69, 9.17) is 9.57 Å². The van der Waals surface area contributed by atoms with Crippen molar-refractivity contribution in [2.45, 2.75) is 12.5 Å². The van der Waals surface area contributed by atoms with Gasteiger partial charge in [0.05, 0.1) is 12.0 Å². The van der Waals surface area contributed by atoms with Gasteiger partial charge >= 0.3 is 5.90 Å². The van der Waals surface area contributed by atoms with E-state index >= 15 is 0 Å². The number of rotatable bonds is 0. The van der Waals surface area contributed by atoms with Gasteiger partial charge in [0.1, 0.15) is 12.0 Å². The lowest BCUT2D eigenvalue weighted by molar-refractivity contribution is -0.741. The number of allylic oxidation sites excluding steroid dienone is 1. The Kier molecular flexibility index (Phi) is 1.27. The van der Waals surface area contributed by atoms with Gasteiger partial charge in [-0.3, -0.25) is 5.21 Å². The fraction of sp³-hybridized carbons (Fsp3) is 0.571. The van der Waals surface area contributed by atoms with Crippen LogP contribution in [0.3, 0.4) is 0 Å². The zero-order valence-corrected chi connectivity index (χ0v) is 6.19. The zero-order chi connectivity index (χ0) is 7.84. The fourth-order valence-electron chi connectivity index (χ4n) is 1.50. The van der Waals surface area contributed by atoms with E-state index in [1.807, 2.05) is 12.2 Å². The molecule has 0 amide bonds. The van der Waals surface area contributed by atoms with Crippen LogP contribution in [0.2, 0.25) is 0 Å². The Morgan fingerprint density at radius 3 is 3.36 bits per heavy atom. The minimum absolute atomic E-state index is 0.0950. The van der Waals surface area contributed by atoms with Gasteiger partial charge in [0, 0.05) is 0 Å². The second kappa shape index (κ2) is 2.15. The molecule has 2 rings (SSSR count). The molecular formula is C7H9NO3. The Labute approximate surface area is 64.3 Å². The molecule has 0 spiro atoms. The molecule has 0 fully saturated rings. The van der Waals surface area contributed by atoms with Crippen molar-refractivity contribution < 1.29 is 14.5 Å². The standard InChI is InChI=1S/C7H9NO3/c1-10-7-5-3-2-4-6(5)11-8(7)9/h2,4-6H,3H2,1H3/t5-,6+/m0/s1. The SMILES string of the molecule is COC1=[N+]([O-])O[C@@H]2C=CC[C@H]12. The van der Waals surface area contributed by atoms with Crippen molar-refractivity contribution in [2.75, 3.05) is 7.11 Å². The minimum atomic E-state index is -0.0950. The third-order valence-electron chi connectivity index (χ3n) is 2.04. The summed E-state index contributed by atoms with van der Waals surface area (Å²) in [5, 5.41) is 10.9. The van der Waals surface area contributed by atoms with Crippen molar-refractivity contribution in [3.05, 3.63) is 17.4 Å². The van der Waals surface area contributed by atoms with Crippen LogP contribution in [0.15, 0.2) is 12.2 Å². The molecule has 0 aromatic rings. The first kappa shape index (κ1) is 6.52. The maximum atomic E-state index is 10.9. The Bertz CT molecular complexity index is 234. The first-order valence-corrected chi connectivity index (χ1v) is 3.54. The van der Waals surface area contributed by atoms with Crippen LogP contribution in [-0.4, -0.2) is 24.0 Å². The van der Waals surface area contributed by atoms with Gasteiger partial charge in [-0.2, -0.15) is 0 Å². The second-order valence-corrected chi connectivity index (χ2v) is 2.64. The van der Waals surface area contributed by atoms with Gasteiger partial charge in [-0.15, -0.1) is 0 Å². The summed E-state index contributed by atoms with van der Waals surface area (Å²) < 4.78 is 4.90. The van der Waals surface area contributed by atoms with E-state index in [0.29, 0.717) is 10.8 Å². The van der Waals surface area contributed by atoms with Gasteiger partial charge in [-0.05, 0) is 6.42 Å². The first-order valence-electron chi connectivity index (χ1n) is 3.54.